The topological polar surface area (TPSA) is 41.1 Å². The molecule has 2 aromatic carbocycles. The van der Waals surface area contributed by atoms with Gasteiger partial charge in [0.15, 0.2) is 0 Å². The predicted molar refractivity (Wildman–Crippen MR) is 103 cm³/mol. The van der Waals surface area contributed by atoms with Crippen molar-refractivity contribution in [1.82, 2.24) is 9.97 Å². The summed E-state index contributed by atoms with van der Waals surface area (Å²) in [6, 6.07) is 18.6. The van der Waals surface area contributed by atoms with E-state index < -0.39 is 0 Å². The van der Waals surface area contributed by atoms with E-state index in [0.29, 0.717) is 6.54 Å². The van der Waals surface area contributed by atoms with Gasteiger partial charge in [-0.05, 0) is 30.5 Å². The van der Waals surface area contributed by atoms with Crippen LogP contribution in [0.1, 0.15) is 18.4 Å². The van der Waals surface area contributed by atoms with Crippen molar-refractivity contribution >= 4 is 11.8 Å². The van der Waals surface area contributed by atoms with Crippen LogP contribution in [0.15, 0.2) is 60.7 Å². The van der Waals surface area contributed by atoms with Crippen LogP contribution in [0.4, 0.5) is 16.2 Å². The van der Waals surface area contributed by atoms with E-state index in [2.05, 4.69) is 22.3 Å². The Hall–Kier alpha value is -2.95. The molecule has 132 valence electrons. The molecule has 1 N–H and O–H groups in total. The van der Waals surface area contributed by atoms with Gasteiger partial charge in [-0.1, -0.05) is 42.5 Å². The van der Waals surface area contributed by atoms with Gasteiger partial charge < -0.3 is 10.2 Å². The number of halogens is 1. The quantitative estimate of drug-likeness (QED) is 0.737. The van der Waals surface area contributed by atoms with Gasteiger partial charge in [0, 0.05) is 31.3 Å². The number of rotatable bonds is 5. The molecule has 4 nitrogen and oxygen atoms in total. The largest absolute Gasteiger partial charge is 0.366 e. The minimum Gasteiger partial charge on any atom is -0.366 e. The van der Waals surface area contributed by atoms with Crippen molar-refractivity contribution in [3.63, 3.8) is 0 Å². The van der Waals surface area contributed by atoms with Crippen LogP contribution in [-0.4, -0.2) is 23.1 Å². The lowest BCUT2D eigenvalue weighted by Gasteiger charge is -2.18. The normalized spacial score (nSPS) is 13.8. The summed E-state index contributed by atoms with van der Waals surface area (Å²) in [5.74, 6) is 1.33. The highest BCUT2D eigenvalue weighted by molar-refractivity contribution is 5.64. The third-order valence-electron chi connectivity index (χ3n) is 4.56. The molecule has 3 aromatic rings. The van der Waals surface area contributed by atoms with Gasteiger partial charge in [-0.3, -0.25) is 0 Å². The molecular weight excluding hydrogens is 327 g/mol. The predicted octanol–water partition coefficient (Wildman–Crippen LogP) is 4.50. The van der Waals surface area contributed by atoms with E-state index in [1.165, 1.54) is 25.0 Å². The molecule has 1 aromatic heterocycles. The highest BCUT2D eigenvalue weighted by atomic mass is 19.1. The van der Waals surface area contributed by atoms with Crippen molar-refractivity contribution in [2.75, 3.05) is 23.3 Å². The van der Waals surface area contributed by atoms with Crippen LogP contribution in [-0.2, 0) is 6.54 Å². The zero-order chi connectivity index (χ0) is 17.8. The van der Waals surface area contributed by atoms with Crippen molar-refractivity contribution < 1.29 is 4.39 Å². The molecule has 2 heterocycles. The lowest BCUT2D eigenvalue weighted by atomic mass is 10.1. The lowest BCUT2D eigenvalue weighted by Crippen LogP contribution is -2.21. The summed E-state index contributed by atoms with van der Waals surface area (Å²) < 4.78 is 13.1. The molecular formula is C21H21FN4. The van der Waals surface area contributed by atoms with E-state index >= 15 is 0 Å². The first kappa shape index (κ1) is 16.5. The lowest BCUT2D eigenvalue weighted by molar-refractivity contribution is 0.627. The van der Waals surface area contributed by atoms with Crippen LogP contribution in [0.3, 0.4) is 0 Å². The zero-order valence-corrected chi connectivity index (χ0v) is 14.5. The van der Waals surface area contributed by atoms with Crippen molar-refractivity contribution in [1.29, 1.82) is 0 Å². The van der Waals surface area contributed by atoms with E-state index in [1.807, 2.05) is 24.3 Å². The van der Waals surface area contributed by atoms with Crippen molar-refractivity contribution in [2.45, 2.75) is 19.4 Å². The Balaban J connectivity index is 1.61. The Morgan fingerprint density at radius 2 is 1.65 bits per heavy atom. The minimum atomic E-state index is -0.224. The minimum absolute atomic E-state index is 0.224. The number of nitrogens with one attached hydrogen (secondary N) is 1. The number of hydrogen-bond acceptors (Lipinski definition) is 4. The molecule has 0 amide bonds. The SMILES string of the molecule is Fc1ccc(CNc2cc(-c3ccccc3)nc(N3CCCC3)n2)cc1. The highest BCUT2D eigenvalue weighted by Gasteiger charge is 2.17. The van der Waals surface area contributed by atoms with E-state index in [0.717, 1.165) is 41.7 Å². The first-order valence-corrected chi connectivity index (χ1v) is 8.96. The molecule has 0 bridgehead atoms. The maximum absolute atomic E-state index is 13.1. The second-order valence-corrected chi connectivity index (χ2v) is 6.48. The molecule has 5 heteroatoms. The van der Waals surface area contributed by atoms with Crippen LogP contribution in [0, 0.1) is 5.82 Å². The Morgan fingerprint density at radius 3 is 2.38 bits per heavy atom. The summed E-state index contributed by atoms with van der Waals surface area (Å²) in [5, 5.41) is 3.35. The maximum atomic E-state index is 13.1. The molecule has 4 rings (SSSR count). The van der Waals surface area contributed by atoms with Gasteiger partial charge in [-0.15, -0.1) is 0 Å². The molecule has 1 aliphatic heterocycles. The van der Waals surface area contributed by atoms with Gasteiger partial charge in [0.1, 0.15) is 11.6 Å². The molecule has 1 saturated heterocycles. The Kier molecular flexibility index (Phi) is 4.78. The van der Waals surface area contributed by atoms with Gasteiger partial charge in [-0.2, -0.15) is 4.98 Å². The van der Waals surface area contributed by atoms with E-state index in [4.69, 9.17) is 9.97 Å². The first-order valence-electron chi connectivity index (χ1n) is 8.96. The van der Waals surface area contributed by atoms with Gasteiger partial charge in [0.2, 0.25) is 5.95 Å². The van der Waals surface area contributed by atoms with E-state index in [-0.39, 0.29) is 5.82 Å². The van der Waals surface area contributed by atoms with Gasteiger partial charge in [0.25, 0.3) is 0 Å². The third kappa shape index (κ3) is 3.82. The number of benzene rings is 2. The Labute approximate surface area is 152 Å². The fourth-order valence-corrected chi connectivity index (χ4v) is 3.14. The molecule has 26 heavy (non-hydrogen) atoms. The fraction of sp³-hybridized carbons (Fsp3) is 0.238. The molecule has 0 atom stereocenters. The number of aromatic nitrogens is 2. The molecule has 0 aliphatic carbocycles. The van der Waals surface area contributed by atoms with Crippen LogP contribution in [0.25, 0.3) is 11.3 Å². The summed E-state index contributed by atoms with van der Waals surface area (Å²) >= 11 is 0. The fourth-order valence-electron chi connectivity index (χ4n) is 3.14. The van der Waals surface area contributed by atoms with Crippen molar-refractivity contribution in [3.05, 3.63) is 72.0 Å². The van der Waals surface area contributed by atoms with E-state index in [1.54, 1.807) is 12.1 Å². The summed E-state index contributed by atoms with van der Waals surface area (Å²) in [5.41, 5.74) is 2.98. The standard InChI is InChI=1S/C21H21FN4/c22-18-10-8-16(9-11-18)15-23-20-14-19(17-6-2-1-3-7-17)24-21(25-20)26-12-4-5-13-26/h1-3,6-11,14H,4-5,12-13,15H2,(H,23,24,25). The van der Waals surface area contributed by atoms with Crippen molar-refractivity contribution in [2.24, 2.45) is 0 Å². The second-order valence-electron chi connectivity index (χ2n) is 6.48. The van der Waals surface area contributed by atoms with Gasteiger partial charge in [0.05, 0.1) is 5.69 Å². The monoisotopic (exact) mass is 348 g/mol. The molecule has 0 spiro atoms. The molecule has 1 fully saturated rings. The smallest absolute Gasteiger partial charge is 0.227 e. The van der Waals surface area contributed by atoms with Crippen LogP contribution in [0.2, 0.25) is 0 Å². The summed E-state index contributed by atoms with van der Waals surface area (Å²) in [7, 11) is 0. The van der Waals surface area contributed by atoms with E-state index in [9.17, 15) is 4.39 Å². The Bertz CT molecular complexity index is 859. The van der Waals surface area contributed by atoms with Gasteiger partial charge in [-0.25, -0.2) is 9.37 Å². The van der Waals surface area contributed by atoms with Crippen molar-refractivity contribution in [3.8, 4) is 11.3 Å². The zero-order valence-electron chi connectivity index (χ0n) is 14.5. The molecule has 0 saturated carbocycles. The number of hydrogen-bond donors (Lipinski definition) is 1. The summed E-state index contributed by atoms with van der Waals surface area (Å²) in [6.45, 7) is 2.58. The Morgan fingerprint density at radius 1 is 0.923 bits per heavy atom. The van der Waals surface area contributed by atoms with Crippen LogP contribution in [0.5, 0.6) is 0 Å². The number of nitrogens with zero attached hydrogens (tertiary/aromatic N) is 3. The average molecular weight is 348 g/mol. The van der Waals surface area contributed by atoms with Crippen LogP contribution >= 0.6 is 0 Å². The molecule has 1 aliphatic rings. The highest BCUT2D eigenvalue weighted by Crippen LogP contribution is 2.25. The van der Waals surface area contributed by atoms with Gasteiger partial charge >= 0.3 is 0 Å². The molecule has 0 radical (unpaired) electrons. The maximum Gasteiger partial charge on any atom is 0.227 e. The molecule has 0 unspecified atom stereocenters. The van der Waals surface area contributed by atoms with Crippen LogP contribution < -0.4 is 10.2 Å². The third-order valence-corrected chi connectivity index (χ3v) is 4.56. The second kappa shape index (κ2) is 7.52. The first-order chi connectivity index (χ1) is 12.8. The number of anilines is 2. The summed E-state index contributed by atoms with van der Waals surface area (Å²) in [6.07, 6.45) is 2.36. The summed E-state index contributed by atoms with van der Waals surface area (Å²) in [4.78, 5) is 11.7. The average Bonchev–Trinajstić information content (AvgIpc) is 3.23.